The number of methoxy groups -OCH3 is 1. The second-order valence-electron chi connectivity index (χ2n) is 6.66. The maximum atomic E-state index is 13.0. The van der Waals surface area contributed by atoms with Crippen molar-refractivity contribution in [1.82, 2.24) is 9.80 Å². The summed E-state index contributed by atoms with van der Waals surface area (Å²) < 4.78 is 10.8. The van der Waals surface area contributed by atoms with Crippen LogP contribution in [-0.4, -0.2) is 49.0 Å². The zero-order chi connectivity index (χ0) is 18.4. The number of hydrogen-bond donors (Lipinski definition) is 0. The number of likely N-dealkylation sites (tertiary alicyclic amines) is 1. The lowest BCUT2D eigenvalue weighted by molar-refractivity contribution is -0.130. The summed E-state index contributed by atoms with van der Waals surface area (Å²) >= 11 is 0. The van der Waals surface area contributed by atoms with Crippen LogP contribution in [0.1, 0.15) is 24.2 Å². The van der Waals surface area contributed by atoms with Gasteiger partial charge in [0.2, 0.25) is 5.91 Å². The fraction of sp³-hybridized carbons (Fsp3) is 0.381. The molecular formula is C21H26N2O3. The van der Waals surface area contributed by atoms with Gasteiger partial charge in [-0.1, -0.05) is 18.2 Å². The third kappa shape index (κ3) is 4.55. The lowest BCUT2D eigenvalue weighted by Crippen LogP contribution is -2.45. The predicted molar refractivity (Wildman–Crippen MR) is 102 cm³/mol. The van der Waals surface area contributed by atoms with Gasteiger partial charge >= 0.3 is 0 Å². The number of rotatable bonds is 6. The predicted octanol–water partition coefficient (Wildman–Crippen LogP) is 3.42. The van der Waals surface area contributed by atoms with E-state index in [1.807, 2.05) is 47.4 Å². The van der Waals surface area contributed by atoms with Crippen LogP contribution in [0.15, 0.2) is 53.2 Å². The monoisotopic (exact) mass is 354 g/mol. The van der Waals surface area contributed by atoms with Crippen molar-refractivity contribution < 1.29 is 13.9 Å². The molecule has 0 N–H and O–H groups in total. The van der Waals surface area contributed by atoms with E-state index in [0.29, 0.717) is 6.54 Å². The van der Waals surface area contributed by atoms with Gasteiger partial charge in [0.1, 0.15) is 11.5 Å². The van der Waals surface area contributed by atoms with Crippen LogP contribution in [0, 0.1) is 0 Å². The van der Waals surface area contributed by atoms with Gasteiger partial charge in [0.15, 0.2) is 0 Å². The van der Waals surface area contributed by atoms with E-state index in [-0.39, 0.29) is 11.9 Å². The van der Waals surface area contributed by atoms with Crippen LogP contribution in [0.2, 0.25) is 0 Å². The molecule has 5 heteroatoms. The van der Waals surface area contributed by atoms with Crippen LogP contribution in [-0.2, 0) is 11.3 Å². The number of hydrogen-bond acceptors (Lipinski definition) is 4. The average molecular weight is 354 g/mol. The Kier molecular flexibility index (Phi) is 6.12. The maximum Gasteiger partial charge on any atom is 0.247 e. The lowest BCUT2D eigenvalue weighted by atomic mass is 10.0. The Bertz CT molecular complexity index is 731. The molecule has 1 aromatic carbocycles. The van der Waals surface area contributed by atoms with E-state index in [0.717, 1.165) is 43.0 Å². The molecule has 0 aliphatic carbocycles. The summed E-state index contributed by atoms with van der Waals surface area (Å²) in [5.74, 6) is 1.57. The average Bonchev–Trinajstić information content (AvgIpc) is 3.18. The van der Waals surface area contributed by atoms with Gasteiger partial charge in [0, 0.05) is 17.7 Å². The highest BCUT2D eigenvalue weighted by molar-refractivity contribution is 5.92. The second-order valence-corrected chi connectivity index (χ2v) is 6.66. The van der Waals surface area contributed by atoms with Crippen LogP contribution in [0.5, 0.6) is 5.75 Å². The highest BCUT2D eigenvalue weighted by atomic mass is 16.5. The summed E-state index contributed by atoms with van der Waals surface area (Å²) in [4.78, 5) is 17.2. The van der Waals surface area contributed by atoms with Crippen LogP contribution >= 0.6 is 0 Å². The van der Waals surface area contributed by atoms with Crippen LogP contribution in [0.25, 0.3) is 6.08 Å². The van der Waals surface area contributed by atoms with Gasteiger partial charge in [-0.2, -0.15) is 0 Å². The summed E-state index contributed by atoms with van der Waals surface area (Å²) in [6.45, 7) is 2.50. The van der Waals surface area contributed by atoms with Gasteiger partial charge in [0.25, 0.3) is 0 Å². The molecule has 0 saturated carbocycles. The molecule has 5 nitrogen and oxygen atoms in total. The summed E-state index contributed by atoms with van der Waals surface area (Å²) in [6.07, 6.45) is 7.07. The highest BCUT2D eigenvalue weighted by Gasteiger charge is 2.26. The molecule has 2 heterocycles. The number of piperidine rings is 1. The molecule has 0 radical (unpaired) electrons. The number of para-hydroxylation sites is 1. The molecule has 0 spiro atoms. The van der Waals surface area contributed by atoms with Gasteiger partial charge in [-0.15, -0.1) is 0 Å². The first-order chi connectivity index (χ1) is 12.7. The Morgan fingerprint density at radius 3 is 2.73 bits per heavy atom. The van der Waals surface area contributed by atoms with Crippen LogP contribution in [0.4, 0.5) is 0 Å². The van der Waals surface area contributed by atoms with Crippen molar-refractivity contribution in [2.45, 2.75) is 25.4 Å². The number of furan rings is 1. The van der Waals surface area contributed by atoms with Crippen molar-refractivity contribution in [2.75, 3.05) is 27.2 Å². The molecule has 1 amide bonds. The minimum absolute atomic E-state index is 0.00172. The van der Waals surface area contributed by atoms with Crippen molar-refractivity contribution >= 4 is 12.0 Å². The van der Waals surface area contributed by atoms with Crippen LogP contribution < -0.4 is 4.74 Å². The maximum absolute atomic E-state index is 13.0. The molecule has 138 valence electrons. The second kappa shape index (κ2) is 8.72. The standard InChI is InChI=1S/C21H26N2O3/c1-22-13-11-18(12-14-22)23(16-19-7-5-15-26-19)21(24)10-9-17-6-3-4-8-20(17)25-2/h3-10,15,18H,11-14,16H2,1-2H3/b10-9+. The van der Waals surface area contributed by atoms with Gasteiger partial charge in [-0.25, -0.2) is 0 Å². The number of carbonyl (C=O) groups is 1. The highest BCUT2D eigenvalue weighted by Crippen LogP contribution is 2.21. The summed E-state index contributed by atoms with van der Waals surface area (Å²) in [7, 11) is 3.76. The molecule has 1 saturated heterocycles. The number of benzene rings is 1. The Hall–Kier alpha value is -2.53. The Balaban J connectivity index is 1.76. The zero-order valence-electron chi connectivity index (χ0n) is 15.4. The van der Waals surface area contributed by atoms with Gasteiger partial charge in [0.05, 0.1) is 19.9 Å². The third-order valence-electron chi connectivity index (χ3n) is 4.86. The quantitative estimate of drug-likeness (QED) is 0.746. The molecule has 0 unspecified atom stereocenters. The first-order valence-corrected chi connectivity index (χ1v) is 9.00. The fourth-order valence-corrected chi connectivity index (χ4v) is 3.32. The van der Waals surface area contributed by atoms with Crippen molar-refractivity contribution in [3.8, 4) is 5.75 Å². The van der Waals surface area contributed by atoms with Gasteiger partial charge < -0.3 is 19.0 Å². The van der Waals surface area contributed by atoms with E-state index in [2.05, 4.69) is 11.9 Å². The third-order valence-corrected chi connectivity index (χ3v) is 4.86. The Morgan fingerprint density at radius 1 is 1.27 bits per heavy atom. The number of amides is 1. The number of nitrogens with zero attached hydrogens (tertiary/aromatic N) is 2. The van der Waals surface area contributed by atoms with Gasteiger partial charge in [-0.05, 0) is 57.3 Å². The molecular weight excluding hydrogens is 328 g/mol. The molecule has 26 heavy (non-hydrogen) atoms. The topological polar surface area (TPSA) is 45.9 Å². The van der Waals surface area contributed by atoms with Crippen molar-refractivity contribution in [3.63, 3.8) is 0 Å². The first-order valence-electron chi connectivity index (χ1n) is 9.00. The Morgan fingerprint density at radius 2 is 2.04 bits per heavy atom. The van der Waals surface area contributed by atoms with E-state index in [4.69, 9.17) is 9.15 Å². The molecule has 1 fully saturated rings. The minimum Gasteiger partial charge on any atom is -0.496 e. The minimum atomic E-state index is 0.00172. The van der Waals surface area contributed by atoms with Crippen molar-refractivity contribution in [2.24, 2.45) is 0 Å². The normalized spacial score (nSPS) is 16.1. The molecule has 1 aromatic heterocycles. The zero-order valence-corrected chi connectivity index (χ0v) is 15.4. The Labute approximate surface area is 154 Å². The largest absolute Gasteiger partial charge is 0.496 e. The van der Waals surface area contributed by atoms with Crippen LogP contribution in [0.3, 0.4) is 0 Å². The molecule has 2 aromatic rings. The van der Waals surface area contributed by atoms with E-state index in [1.54, 1.807) is 19.4 Å². The lowest BCUT2D eigenvalue weighted by Gasteiger charge is -2.36. The first kappa shape index (κ1) is 18.3. The molecule has 0 bridgehead atoms. The summed E-state index contributed by atoms with van der Waals surface area (Å²) in [6, 6.07) is 11.7. The number of ether oxygens (including phenoxy) is 1. The van der Waals surface area contributed by atoms with E-state index < -0.39 is 0 Å². The molecule has 1 aliphatic heterocycles. The fourth-order valence-electron chi connectivity index (χ4n) is 3.32. The summed E-state index contributed by atoms with van der Waals surface area (Å²) in [5.41, 5.74) is 0.893. The van der Waals surface area contributed by atoms with Gasteiger partial charge in [-0.3, -0.25) is 4.79 Å². The SMILES string of the molecule is COc1ccccc1/C=C/C(=O)N(Cc1ccco1)C1CCN(C)CC1. The molecule has 1 aliphatic rings. The van der Waals surface area contributed by atoms with E-state index in [9.17, 15) is 4.79 Å². The van der Waals surface area contributed by atoms with E-state index in [1.165, 1.54) is 0 Å². The van der Waals surface area contributed by atoms with Crippen molar-refractivity contribution in [1.29, 1.82) is 0 Å². The smallest absolute Gasteiger partial charge is 0.247 e. The van der Waals surface area contributed by atoms with Crippen molar-refractivity contribution in [3.05, 3.63) is 60.1 Å². The summed E-state index contributed by atoms with van der Waals surface area (Å²) in [5, 5.41) is 0. The number of carbonyl (C=O) groups excluding carboxylic acids is 1. The van der Waals surface area contributed by atoms with E-state index >= 15 is 0 Å². The molecule has 3 rings (SSSR count). The molecule has 0 atom stereocenters.